The number of hydrogen-bond acceptors (Lipinski definition) is 6. The Morgan fingerprint density at radius 1 is 1.14 bits per heavy atom. The minimum atomic E-state index is 0.360. The van der Waals surface area contributed by atoms with Gasteiger partial charge in [-0.05, 0) is 50.4 Å². The SMILES string of the molecule is CCCCC#Cc1nc(N)c2nc(-c3ccco3)n(CCN3CCCCC3)c2n1. The summed E-state index contributed by atoms with van der Waals surface area (Å²) >= 11 is 0. The van der Waals surface area contributed by atoms with E-state index >= 15 is 0 Å². The molecule has 0 radical (unpaired) electrons. The molecule has 3 aromatic heterocycles. The number of anilines is 1. The molecule has 0 spiro atoms. The lowest BCUT2D eigenvalue weighted by Gasteiger charge is -2.26. The van der Waals surface area contributed by atoms with Gasteiger partial charge in [-0.3, -0.25) is 0 Å². The second-order valence-corrected chi connectivity index (χ2v) is 7.48. The number of unbranched alkanes of at least 4 members (excludes halogenated alkanes) is 2. The summed E-state index contributed by atoms with van der Waals surface area (Å²) in [6, 6.07) is 3.77. The van der Waals surface area contributed by atoms with Gasteiger partial charge in [0.15, 0.2) is 28.6 Å². The lowest BCUT2D eigenvalue weighted by atomic mass is 10.1. The van der Waals surface area contributed by atoms with Crippen LogP contribution in [0.1, 0.15) is 51.3 Å². The fourth-order valence-corrected chi connectivity index (χ4v) is 3.71. The smallest absolute Gasteiger partial charge is 0.208 e. The first-order chi connectivity index (χ1) is 14.3. The minimum absolute atomic E-state index is 0.360. The molecule has 0 saturated carbocycles. The summed E-state index contributed by atoms with van der Waals surface area (Å²) in [5.74, 6) is 8.46. The highest BCUT2D eigenvalue weighted by atomic mass is 16.3. The van der Waals surface area contributed by atoms with Crippen LogP contribution in [0, 0.1) is 11.8 Å². The van der Waals surface area contributed by atoms with Gasteiger partial charge >= 0.3 is 0 Å². The number of nitrogen functional groups attached to an aromatic ring is 1. The average Bonchev–Trinajstić information content (AvgIpc) is 3.39. The van der Waals surface area contributed by atoms with E-state index in [4.69, 9.17) is 20.1 Å². The van der Waals surface area contributed by atoms with Crippen LogP contribution in [-0.2, 0) is 6.54 Å². The molecule has 4 rings (SSSR count). The summed E-state index contributed by atoms with van der Waals surface area (Å²) in [7, 11) is 0. The van der Waals surface area contributed by atoms with Gasteiger partial charge in [-0.25, -0.2) is 15.0 Å². The Balaban J connectivity index is 1.70. The number of nitrogens with zero attached hydrogens (tertiary/aromatic N) is 5. The molecule has 0 bridgehead atoms. The van der Waals surface area contributed by atoms with Crippen molar-refractivity contribution in [2.45, 2.75) is 52.0 Å². The maximum absolute atomic E-state index is 6.23. The summed E-state index contributed by atoms with van der Waals surface area (Å²) in [4.78, 5) is 16.3. The first-order valence-corrected chi connectivity index (χ1v) is 10.5. The molecule has 1 aliphatic rings. The molecule has 0 unspecified atom stereocenters. The maximum Gasteiger partial charge on any atom is 0.208 e. The Labute approximate surface area is 171 Å². The number of imidazole rings is 1. The first-order valence-electron chi connectivity index (χ1n) is 10.5. The number of hydrogen-bond donors (Lipinski definition) is 1. The van der Waals surface area contributed by atoms with E-state index in [1.54, 1.807) is 6.26 Å². The third kappa shape index (κ3) is 4.43. The van der Waals surface area contributed by atoms with Crippen molar-refractivity contribution in [3.63, 3.8) is 0 Å². The van der Waals surface area contributed by atoms with Crippen LogP contribution >= 0.6 is 0 Å². The topological polar surface area (TPSA) is 86.0 Å². The van der Waals surface area contributed by atoms with E-state index in [-0.39, 0.29) is 0 Å². The zero-order valence-corrected chi connectivity index (χ0v) is 17.0. The lowest BCUT2D eigenvalue weighted by molar-refractivity contribution is 0.221. The van der Waals surface area contributed by atoms with Crippen LogP contribution in [0.15, 0.2) is 22.8 Å². The number of fused-ring (bicyclic) bond motifs is 1. The molecular weight excluding hydrogens is 364 g/mol. The Kier molecular flexibility index (Phi) is 6.11. The molecule has 1 aliphatic heterocycles. The number of furan rings is 1. The molecule has 0 amide bonds. The molecule has 0 atom stereocenters. The van der Waals surface area contributed by atoms with Crippen LogP contribution in [0.5, 0.6) is 0 Å². The molecule has 7 nitrogen and oxygen atoms in total. The van der Waals surface area contributed by atoms with Crippen molar-refractivity contribution < 1.29 is 4.42 Å². The summed E-state index contributed by atoms with van der Waals surface area (Å²) in [5, 5.41) is 0. The second-order valence-electron chi connectivity index (χ2n) is 7.48. The summed E-state index contributed by atoms with van der Waals surface area (Å²) in [5.41, 5.74) is 7.55. The van der Waals surface area contributed by atoms with Gasteiger partial charge in [-0.2, -0.15) is 0 Å². The van der Waals surface area contributed by atoms with Crippen LogP contribution in [0.3, 0.4) is 0 Å². The van der Waals surface area contributed by atoms with Crippen LogP contribution < -0.4 is 5.73 Å². The minimum Gasteiger partial charge on any atom is -0.461 e. The summed E-state index contributed by atoms with van der Waals surface area (Å²) in [6.45, 7) is 6.16. The summed E-state index contributed by atoms with van der Waals surface area (Å²) in [6.07, 6.45) is 8.54. The first kappa shape index (κ1) is 19.5. The highest BCUT2D eigenvalue weighted by Gasteiger charge is 2.20. The van der Waals surface area contributed by atoms with Crippen LogP contribution in [0.25, 0.3) is 22.7 Å². The fraction of sp³-hybridized carbons (Fsp3) is 0.500. The number of piperidine rings is 1. The van der Waals surface area contributed by atoms with E-state index in [2.05, 4.69) is 33.2 Å². The molecule has 4 heterocycles. The van der Waals surface area contributed by atoms with E-state index in [1.807, 2.05) is 12.1 Å². The largest absolute Gasteiger partial charge is 0.461 e. The molecule has 0 aliphatic carbocycles. The summed E-state index contributed by atoms with van der Waals surface area (Å²) < 4.78 is 7.72. The molecule has 29 heavy (non-hydrogen) atoms. The number of rotatable bonds is 6. The van der Waals surface area contributed by atoms with Gasteiger partial charge in [0.25, 0.3) is 0 Å². The van der Waals surface area contributed by atoms with Gasteiger partial charge in [-0.15, -0.1) is 0 Å². The van der Waals surface area contributed by atoms with Crippen molar-refractivity contribution in [1.82, 2.24) is 24.4 Å². The molecule has 3 aromatic rings. The van der Waals surface area contributed by atoms with Gasteiger partial charge in [-0.1, -0.05) is 25.7 Å². The number of nitrogens with two attached hydrogens (primary N) is 1. The maximum atomic E-state index is 6.23. The van der Waals surface area contributed by atoms with Gasteiger partial charge in [0.05, 0.1) is 6.26 Å². The van der Waals surface area contributed by atoms with Crippen molar-refractivity contribution in [2.24, 2.45) is 0 Å². The number of likely N-dealkylation sites (tertiary alicyclic amines) is 1. The fourth-order valence-electron chi connectivity index (χ4n) is 3.71. The van der Waals surface area contributed by atoms with Gasteiger partial charge in [0, 0.05) is 19.5 Å². The van der Waals surface area contributed by atoms with Crippen LogP contribution in [-0.4, -0.2) is 44.1 Å². The van der Waals surface area contributed by atoms with E-state index < -0.39 is 0 Å². The van der Waals surface area contributed by atoms with E-state index in [9.17, 15) is 0 Å². The zero-order valence-electron chi connectivity index (χ0n) is 17.0. The van der Waals surface area contributed by atoms with Gasteiger partial charge in [0.2, 0.25) is 5.82 Å². The Hall–Kier alpha value is -2.85. The lowest BCUT2D eigenvalue weighted by Crippen LogP contribution is -2.32. The Morgan fingerprint density at radius 3 is 2.76 bits per heavy atom. The predicted octanol–water partition coefficient (Wildman–Crippen LogP) is 3.70. The molecule has 152 valence electrons. The van der Waals surface area contributed by atoms with Crippen molar-refractivity contribution in [2.75, 3.05) is 25.4 Å². The predicted molar refractivity (Wildman–Crippen MR) is 114 cm³/mol. The third-order valence-electron chi connectivity index (χ3n) is 5.31. The third-order valence-corrected chi connectivity index (χ3v) is 5.31. The standard InChI is InChI=1S/C22H28N6O/c1-2-3-4-6-11-18-24-20(23)19-22(25-18)28(15-14-27-12-7-5-8-13-27)21(26-19)17-10-9-16-29-17/h9-10,16H,2-5,7-8,12-15H2,1H3,(H2,23,24,25). The molecule has 1 saturated heterocycles. The van der Waals surface area contributed by atoms with Gasteiger partial charge < -0.3 is 19.6 Å². The van der Waals surface area contributed by atoms with Crippen molar-refractivity contribution in [3.8, 4) is 23.4 Å². The zero-order chi connectivity index (χ0) is 20.1. The molecule has 2 N–H and O–H groups in total. The van der Waals surface area contributed by atoms with Crippen molar-refractivity contribution in [3.05, 3.63) is 24.2 Å². The van der Waals surface area contributed by atoms with Crippen molar-refractivity contribution in [1.29, 1.82) is 0 Å². The van der Waals surface area contributed by atoms with E-state index in [0.29, 0.717) is 22.9 Å². The average molecular weight is 393 g/mol. The highest BCUT2D eigenvalue weighted by molar-refractivity contribution is 5.85. The molecule has 0 aromatic carbocycles. The quantitative estimate of drug-likeness (QED) is 0.508. The van der Waals surface area contributed by atoms with Crippen LogP contribution in [0.4, 0.5) is 5.82 Å². The van der Waals surface area contributed by atoms with Crippen molar-refractivity contribution >= 4 is 17.0 Å². The Bertz CT molecular complexity index is 1010. The molecule has 1 fully saturated rings. The molecule has 7 heteroatoms. The van der Waals surface area contributed by atoms with Gasteiger partial charge in [0.1, 0.15) is 0 Å². The van der Waals surface area contributed by atoms with E-state index in [1.165, 1.54) is 19.3 Å². The normalized spacial score (nSPS) is 14.8. The highest BCUT2D eigenvalue weighted by Crippen LogP contribution is 2.27. The second kappa shape index (κ2) is 9.10. The van der Waals surface area contributed by atoms with E-state index in [0.717, 1.165) is 56.9 Å². The molecular formula is C22H28N6O. The number of aromatic nitrogens is 4. The monoisotopic (exact) mass is 392 g/mol. The Morgan fingerprint density at radius 2 is 2.00 bits per heavy atom. The van der Waals surface area contributed by atoms with Crippen LogP contribution in [0.2, 0.25) is 0 Å².